The summed E-state index contributed by atoms with van der Waals surface area (Å²) in [5.41, 5.74) is 2.70. The summed E-state index contributed by atoms with van der Waals surface area (Å²) >= 11 is 0. The van der Waals surface area contributed by atoms with E-state index in [2.05, 4.69) is 17.0 Å². The number of hydrogen-bond donors (Lipinski definition) is 0. The molecule has 27 heavy (non-hydrogen) atoms. The number of carbonyl (C=O) groups excluding carboxylic acids is 1. The highest BCUT2D eigenvalue weighted by Gasteiger charge is 2.11. The van der Waals surface area contributed by atoms with Crippen LogP contribution < -0.4 is 14.4 Å². The van der Waals surface area contributed by atoms with Crippen LogP contribution in [0.2, 0.25) is 0 Å². The van der Waals surface area contributed by atoms with Gasteiger partial charge in [0.25, 0.3) is 0 Å². The van der Waals surface area contributed by atoms with Crippen molar-refractivity contribution in [3.8, 4) is 11.5 Å². The Bertz CT molecular complexity index is 788. The molecule has 1 heterocycles. The maximum atomic E-state index is 12.5. The summed E-state index contributed by atoms with van der Waals surface area (Å²) in [6, 6.07) is 13.5. The molecular weight excluding hydrogens is 338 g/mol. The van der Waals surface area contributed by atoms with E-state index in [1.54, 1.807) is 26.4 Å². The molecule has 4 nitrogen and oxygen atoms in total. The van der Waals surface area contributed by atoms with Crippen molar-refractivity contribution in [2.24, 2.45) is 0 Å². The van der Waals surface area contributed by atoms with Crippen molar-refractivity contribution >= 4 is 17.5 Å². The van der Waals surface area contributed by atoms with Gasteiger partial charge in [0.2, 0.25) is 0 Å². The number of nitrogens with zero attached hydrogens (tertiary/aromatic N) is 1. The van der Waals surface area contributed by atoms with Crippen LogP contribution in [0.3, 0.4) is 0 Å². The van der Waals surface area contributed by atoms with Crippen LogP contribution in [0.15, 0.2) is 48.5 Å². The van der Waals surface area contributed by atoms with Gasteiger partial charge in [-0.1, -0.05) is 25.0 Å². The third-order valence-electron chi connectivity index (χ3n) is 4.97. The first-order valence-electron chi connectivity index (χ1n) is 9.51. The molecule has 2 aromatic carbocycles. The summed E-state index contributed by atoms with van der Waals surface area (Å²) in [6.45, 7) is 2.20. The Morgan fingerprint density at radius 2 is 1.63 bits per heavy atom. The van der Waals surface area contributed by atoms with E-state index in [4.69, 9.17) is 9.47 Å². The predicted octanol–water partition coefficient (Wildman–Crippen LogP) is 4.98. The van der Waals surface area contributed by atoms with E-state index in [1.807, 2.05) is 30.3 Å². The fourth-order valence-electron chi connectivity index (χ4n) is 3.47. The zero-order chi connectivity index (χ0) is 19.1. The van der Waals surface area contributed by atoms with E-state index in [-0.39, 0.29) is 5.78 Å². The number of hydrogen-bond acceptors (Lipinski definition) is 4. The Morgan fingerprint density at radius 1 is 0.926 bits per heavy atom. The first kappa shape index (κ1) is 19.0. The number of methoxy groups -OCH3 is 2. The van der Waals surface area contributed by atoms with E-state index in [1.165, 1.54) is 31.4 Å². The zero-order valence-electron chi connectivity index (χ0n) is 16.1. The molecule has 4 heteroatoms. The fourth-order valence-corrected chi connectivity index (χ4v) is 3.47. The van der Waals surface area contributed by atoms with Gasteiger partial charge >= 0.3 is 0 Å². The summed E-state index contributed by atoms with van der Waals surface area (Å²) in [7, 11) is 3.20. The average Bonchev–Trinajstić information content (AvgIpc) is 3.01. The second-order valence-electron chi connectivity index (χ2n) is 6.73. The quantitative estimate of drug-likeness (QED) is 0.534. The van der Waals surface area contributed by atoms with Gasteiger partial charge in [0, 0.05) is 29.9 Å². The third kappa shape index (κ3) is 4.70. The lowest BCUT2D eigenvalue weighted by atomic mass is 10.1. The second kappa shape index (κ2) is 9.26. The van der Waals surface area contributed by atoms with Crippen molar-refractivity contribution in [3.05, 3.63) is 59.7 Å². The van der Waals surface area contributed by atoms with E-state index in [0.717, 1.165) is 18.7 Å². The largest absolute Gasteiger partial charge is 0.493 e. The van der Waals surface area contributed by atoms with Crippen molar-refractivity contribution in [2.45, 2.75) is 25.7 Å². The smallest absolute Gasteiger partial charge is 0.185 e. The van der Waals surface area contributed by atoms with E-state index in [0.29, 0.717) is 17.1 Å². The van der Waals surface area contributed by atoms with Crippen LogP contribution in [0.25, 0.3) is 6.08 Å². The molecule has 2 aromatic rings. The topological polar surface area (TPSA) is 38.8 Å². The Labute approximate surface area is 161 Å². The van der Waals surface area contributed by atoms with Gasteiger partial charge in [-0.25, -0.2) is 0 Å². The second-order valence-corrected chi connectivity index (χ2v) is 6.73. The molecule has 1 aliphatic heterocycles. The molecule has 0 spiro atoms. The fraction of sp³-hybridized carbons (Fsp3) is 0.348. The Morgan fingerprint density at radius 3 is 2.26 bits per heavy atom. The van der Waals surface area contributed by atoms with Crippen LogP contribution >= 0.6 is 0 Å². The minimum Gasteiger partial charge on any atom is -0.493 e. The Hall–Kier alpha value is -2.75. The summed E-state index contributed by atoms with van der Waals surface area (Å²) in [4.78, 5) is 15.0. The van der Waals surface area contributed by atoms with Gasteiger partial charge in [-0.05, 0) is 55.3 Å². The van der Waals surface area contributed by atoms with Crippen molar-refractivity contribution in [3.63, 3.8) is 0 Å². The van der Waals surface area contributed by atoms with Gasteiger partial charge in [0.05, 0.1) is 14.2 Å². The van der Waals surface area contributed by atoms with Crippen molar-refractivity contribution in [1.29, 1.82) is 0 Å². The molecule has 0 saturated carbocycles. The Balaban J connectivity index is 1.72. The molecule has 142 valence electrons. The number of anilines is 1. The molecule has 0 bridgehead atoms. The lowest BCUT2D eigenvalue weighted by molar-refractivity contribution is 0.104. The number of para-hydroxylation sites is 1. The SMILES string of the molecule is COc1cccc(/C=C/C(=O)c2ccc(N3CCCCCC3)cc2)c1OC. The number of allylic oxidation sites excluding steroid dienone is 1. The van der Waals surface area contributed by atoms with Gasteiger partial charge in [0.1, 0.15) is 0 Å². The summed E-state index contributed by atoms with van der Waals surface area (Å²) in [5, 5.41) is 0. The van der Waals surface area contributed by atoms with Crippen LogP contribution in [-0.4, -0.2) is 33.1 Å². The molecule has 0 aromatic heterocycles. The standard InChI is InChI=1S/C23H27NO3/c1-26-22-9-7-8-19(23(22)27-2)12-15-21(25)18-10-13-20(14-11-18)24-16-5-3-4-6-17-24/h7-15H,3-6,16-17H2,1-2H3/b15-12+. The van der Waals surface area contributed by atoms with Crippen molar-refractivity contribution < 1.29 is 14.3 Å². The van der Waals surface area contributed by atoms with Gasteiger partial charge < -0.3 is 14.4 Å². The molecule has 1 aliphatic rings. The summed E-state index contributed by atoms with van der Waals surface area (Å²) in [5.74, 6) is 1.25. The van der Waals surface area contributed by atoms with Crippen LogP contribution in [0.5, 0.6) is 11.5 Å². The number of benzene rings is 2. The highest BCUT2D eigenvalue weighted by atomic mass is 16.5. The first-order chi connectivity index (χ1) is 13.2. The predicted molar refractivity (Wildman–Crippen MR) is 110 cm³/mol. The molecular formula is C23H27NO3. The highest BCUT2D eigenvalue weighted by molar-refractivity contribution is 6.07. The van der Waals surface area contributed by atoms with E-state index < -0.39 is 0 Å². The molecule has 0 aliphatic carbocycles. The number of ketones is 1. The lowest BCUT2D eigenvalue weighted by Crippen LogP contribution is -2.23. The summed E-state index contributed by atoms with van der Waals surface area (Å²) < 4.78 is 10.7. The Kier molecular flexibility index (Phi) is 6.53. The van der Waals surface area contributed by atoms with Crippen molar-refractivity contribution in [1.82, 2.24) is 0 Å². The summed E-state index contributed by atoms with van der Waals surface area (Å²) in [6.07, 6.45) is 8.46. The molecule has 0 radical (unpaired) electrons. The van der Waals surface area contributed by atoms with Gasteiger partial charge in [0.15, 0.2) is 17.3 Å². The van der Waals surface area contributed by atoms with Crippen LogP contribution in [0.1, 0.15) is 41.6 Å². The molecule has 1 fully saturated rings. The molecule has 0 amide bonds. The number of carbonyl (C=O) groups is 1. The van der Waals surface area contributed by atoms with Crippen LogP contribution in [0, 0.1) is 0 Å². The normalized spacial score (nSPS) is 14.8. The molecule has 0 unspecified atom stereocenters. The van der Waals surface area contributed by atoms with Gasteiger partial charge in [-0.3, -0.25) is 4.79 Å². The van der Waals surface area contributed by atoms with E-state index in [9.17, 15) is 4.79 Å². The number of rotatable bonds is 6. The van der Waals surface area contributed by atoms with Crippen LogP contribution in [-0.2, 0) is 0 Å². The van der Waals surface area contributed by atoms with Gasteiger partial charge in [-0.15, -0.1) is 0 Å². The first-order valence-corrected chi connectivity index (χ1v) is 9.51. The minimum absolute atomic E-state index is 0.0257. The monoisotopic (exact) mass is 365 g/mol. The van der Waals surface area contributed by atoms with E-state index >= 15 is 0 Å². The van der Waals surface area contributed by atoms with Crippen molar-refractivity contribution in [2.75, 3.05) is 32.2 Å². The maximum Gasteiger partial charge on any atom is 0.185 e. The number of ether oxygens (including phenoxy) is 2. The van der Waals surface area contributed by atoms with Crippen LogP contribution in [0.4, 0.5) is 5.69 Å². The molecule has 0 atom stereocenters. The molecule has 3 rings (SSSR count). The third-order valence-corrected chi connectivity index (χ3v) is 4.97. The molecule has 0 N–H and O–H groups in total. The highest BCUT2D eigenvalue weighted by Crippen LogP contribution is 2.31. The maximum absolute atomic E-state index is 12.5. The zero-order valence-corrected chi connectivity index (χ0v) is 16.1. The minimum atomic E-state index is -0.0257. The average molecular weight is 365 g/mol. The lowest BCUT2D eigenvalue weighted by Gasteiger charge is -2.22. The molecule has 1 saturated heterocycles. The van der Waals surface area contributed by atoms with Gasteiger partial charge in [-0.2, -0.15) is 0 Å².